The second-order valence-electron chi connectivity index (χ2n) is 9.16. The number of tetrazole rings is 1. The molecule has 1 aromatic carbocycles. The lowest BCUT2D eigenvalue weighted by molar-refractivity contribution is 0.139. The van der Waals surface area contributed by atoms with Crippen LogP contribution in [0.1, 0.15) is 62.4 Å². The van der Waals surface area contributed by atoms with Crippen molar-refractivity contribution >= 4 is 10.9 Å². The Kier molecular flexibility index (Phi) is 5.56. The number of rotatable bonds is 6. The fraction of sp³-hybridized carbons (Fsp3) is 0.609. The lowest BCUT2D eigenvalue weighted by Gasteiger charge is -2.41. The Labute approximate surface area is 178 Å². The Balaban J connectivity index is 1.36. The first kappa shape index (κ1) is 19.7. The van der Waals surface area contributed by atoms with Crippen LogP contribution in [-0.2, 0) is 12.0 Å². The molecular weight excluding hydrogens is 374 g/mol. The number of para-hydroxylation sites is 1. The van der Waals surface area contributed by atoms with Gasteiger partial charge >= 0.3 is 0 Å². The molecule has 0 unspecified atom stereocenters. The summed E-state index contributed by atoms with van der Waals surface area (Å²) >= 11 is 0. The minimum Gasteiger partial charge on any atom is -0.361 e. The van der Waals surface area contributed by atoms with E-state index in [4.69, 9.17) is 0 Å². The standard InChI is InChI=1S/C23H33N7/c1-29-15-12-23(13-16-29,22-26-27-28-30(22)19-7-3-2-4-8-19)25-14-11-18-17-24-21-10-6-5-9-20(18)21/h5-6,9-10,17,19,24-25H,2-4,7-8,11-16H2,1H3. The van der Waals surface area contributed by atoms with Crippen LogP contribution in [0.3, 0.4) is 0 Å². The highest BCUT2D eigenvalue weighted by Crippen LogP contribution is 2.35. The van der Waals surface area contributed by atoms with Crippen molar-refractivity contribution in [2.45, 2.75) is 62.9 Å². The van der Waals surface area contributed by atoms with Gasteiger partial charge < -0.3 is 15.2 Å². The van der Waals surface area contributed by atoms with Gasteiger partial charge in [-0.05, 0) is 61.2 Å². The van der Waals surface area contributed by atoms with Gasteiger partial charge in [0.1, 0.15) is 0 Å². The molecule has 0 amide bonds. The van der Waals surface area contributed by atoms with Gasteiger partial charge in [0, 0.05) is 36.7 Å². The summed E-state index contributed by atoms with van der Waals surface area (Å²) < 4.78 is 2.17. The third-order valence-corrected chi connectivity index (χ3v) is 7.21. The number of benzene rings is 1. The topological polar surface area (TPSA) is 74.7 Å². The second kappa shape index (κ2) is 8.47. The molecule has 0 radical (unpaired) electrons. The quantitative estimate of drug-likeness (QED) is 0.655. The summed E-state index contributed by atoms with van der Waals surface area (Å²) in [4.78, 5) is 5.81. The molecule has 2 fully saturated rings. The molecule has 30 heavy (non-hydrogen) atoms. The molecule has 3 heterocycles. The zero-order valence-corrected chi connectivity index (χ0v) is 18.0. The van der Waals surface area contributed by atoms with E-state index in [9.17, 15) is 0 Å². The van der Waals surface area contributed by atoms with Crippen LogP contribution in [0.15, 0.2) is 30.5 Å². The van der Waals surface area contributed by atoms with Crippen molar-refractivity contribution in [2.24, 2.45) is 0 Å². The number of aromatic amines is 1. The van der Waals surface area contributed by atoms with Gasteiger partial charge in [-0.25, -0.2) is 4.68 Å². The Morgan fingerprint density at radius 3 is 2.77 bits per heavy atom. The lowest BCUT2D eigenvalue weighted by Crippen LogP contribution is -2.52. The number of hydrogen-bond acceptors (Lipinski definition) is 5. The molecule has 7 heteroatoms. The van der Waals surface area contributed by atoms with Crippen molar-refractivity contribution < 1.29 is 0 Å². The van der Waals surface area contributed by atoms with Crippen molar-refractivity contribution in [1.29, 1.82) is 0 Å². The van der Waals surface area contributed by atoms with Crippen LogP contribution in [0.4, 0.5) is 0 Å². The molecule has 3 aromatic rings. The van der Waals surface area contributed by atoms with Gasteiger partial charge in [-0.3, -0.25) is 0 Å². The van der Waals surface area contributed by atoms with Gasteiger partial charge in [0.25, 0.3) is 0 Å². The summed E-state index contributed by atoms with van der Waals surface area (Å²) in [6, 6.07) is 9.00. The van der Waals surface area contributed by atoms with Gasteiger partial charge in [-0.2, -0.15) is 0 Å². The molecule has 2 aliphatic rings. The van der Waals surface area contributed by atoms with Crippen LogP contribution in [0.2, 0.25) is 0 Å². The van der Waals surface area contributed by atoms with Crippen LogP contribution in [-0.4, -0.2) is 56.8 Å². The summed E-state index contributed by atoms with van der Waals surface area (Å²) in [5.41, 5.74) is 2.44. The number of piperidine rings is 1. The van der Waals surface area contributed by atoms with Crippen molar-refractivity contribution in [3.8, 4) is 0 Å². The monoisotopic (exact) mass is 407 g/mol. The minimum atomic E-state index is -0.139. The maximum absolute atomic E-state index is 4.59. The SMILES string of the molecule is CN1CCC(NCCc2c[nH]c3ccccc23)(c2nnnn2C2CCCCC2)CC1. The van der Waals surface area contributed by atoms with Gasteiger partial charge in [0.15, 0.2) is 5.82 Å². The predicted molar refractivity (Wildman–Crippen MR) is 118 cm³/mol. The maximum atomic E-state index is 4.59. The highest BCUT2D eigenvalue weighted by Gasteiger charge is 2.40. The van der Waals surface area contributed by atoms with Gasteiger partial charge in [0.05, 0.1) is 11.6 Å². The molecule has 2 aromatic heterocycles. The fourth-order valence-electron chi connectivity index (χ4n) is 5.33. The summed E-state index contributed by atoms with van der Waals surface area (Å²) in [6.45, 7) is 3.05. The molecule has 1 aliphatic heterocycles. The van der Waals surface area contributed by atoms with Gasteiger partial charge in [-0.1, -0.05) is 37.5 Å². The molecule has 0 atom stereocenters. The van der Waals surface area contributed by atoms with Crippen molar-refractivity contribution in [3.63, 3.8) is 0 Å². The molecule has 1 saturated carbocycles. The largest absolute Gasteiger partial charge is 0.361 e. The summed E-state index contributed by atoms with van der Waals surface area (Å²) in [5, 5.41) is 18.5. The van der Waals surface area contributed by atoms with Crippen molar-refractivity contribution in [3.05, 3.63) is 41.9 Å². The van der Waals surface area contributed by atoms with Crippen molar-refractivity contribution in [2.75, 3.05) is 26.7 Å². The van der Waals surface area contributed by atoms with Gasteiger partial charge in [0.2, 0.25) is 0 Å². The van der Waals surface area contributed by atoms with Crippen LogP contribution >= 0.6 is 0 Å². The fourth-order valence-corrected chi connectivity index (χ4v) is 5.33. The molecule has 1 aliphatic carbocycles. The molecular formula is C23H33N7. The average molecular weight is 408 g/mol. The van der Waals surface area contributed by atoms with E-state index in [-0.39, 0.29) is 5.54 Å². The Morgan fingerprint density at radius 2 is 1.93 bits per heavy atom. The van der Waals surface area contributed by atoms with Crippen LogP contribution in [0.25, 0.3) is 10.9 Å². The Hall–Kier alpha value is -2.25. The molecule has 160 valence electrons. The number of hydrogen-bond donors (Lipinski definition) is 2. The van der Waals surface area contributed by atoms with Crippen LogP contribution in [0.5, 0.6) is 0 Å². The number of nitrogens with one attached hydrogen (secondary N) is 2. The maximum Gasteiger partial charge on any atom is 0.171 e. The molecule has 1 saturated heterocycles. The molecule has 7 nitrogen and oxygen atoms in total. The first-order valence-electron chi connectivity index (χ1n) is 11.5. The average Bonchev–Trinajstić information content (AvgIpc) is 3.44. The Bertz CT molecular complexity index is 961. The van der Waals surface area contributed by atoms with E-state index in [2.05, 4.69) is 72.9 Å². The predicted octanol–water partition coefficient (Wildman–Crippen LogP) is 3.41. The van der Waals surface area contributed by atoms with E-state index < -0.39 is 0 Å². The third kappa shape index (κ3) is 3.76. The Morgan fingerprint density at radius 1 is 1.13 bits per heavy atom. The normalized spacial score (nSPS) is 20.7. The van der Waals surface area contributed by atoms with E-state index in [0.29, 0.717) is 6.04 Å². The van der Waals surface area contributed by atoms with E-state index in [1.165, 1.54) is 48.6 Å². The molecule has 2 N–H and O–H groups in total. The second-order valence-corrected chi connectivity index (χ2v) is 9.16. The molecule has 5 rings (SSSR count). The van der Waals surface area contributed by atoms with E-state index in [1.54, 1.807) is 0 Å². The van der Waals surface area contributed by atoms with E-state index >= 15 is 0 Å². The number of likely N-dealkylation sites (tertiary alicyclic amines) is 1. The zero-order chi connectivity index (χ0) is 20.4. The first-order chi connectivity index (χ1) is 14.8. The summed E-state index contributed by atoms with van der Waals surface area (Å²) in [5.74, 6) is 1.06. The highest BCUT2D eigenvalue weighted by molar-refractivity contribution is 5.83. The van der Waals surface area contributed by atoms with E-state index in [1.807, 2.05) is 0 Å². The third-order valence-electron chi connectivity index (χ3n) is 7.21. The number of H-pyrrole nitrogens is 1. The van der Waals surface area contributed by atoms with Crippen LogP contribution in [0, 0.1) is 0 Å². The number of nitrogens with zero attached hydrogens (tertiary/aromatic N) is 5. The lowest BCUT2D eigenvalue weighted by atomic mass is 9.85. The van der Waals surface area contributed by atoms with E-state index in [0.717, 1.165) is 44.7 Å². The van der Waals surface area contributed by atoms with Crippen molar-refractivity contribution in [1.82, 2.24) is 35.4 Å². The zero-order valence-electron chi connectivity index (χ0n) is 18.0. The number of fused-ring (bicyclic) bond motifs is 1. The number of aromatic nitrogens is 5. The van der Waals surface area contributed by atoms with Gasteiger partial charge in [-0.15, -0.1) is 5.10 Å². The highest BCUT2D eigenvalue weighted by atomic mass is 15.6. The smallest absolute Gasteiger partial charge is 0.171 e. The summed E-state index contributed by atoms with van der Waals surface area (Å²) in [7, 11) is 2.21. The molecule has 0 spiro atoms. The summed E-state index contributed by atoms with van der Waals surface area (Å²) in [6.07, 6.45) is 11.5. The first-order valence-corrected chi connectivity index (χ1v) is 11.5. The van der Waals surface area contributed by atoms with Crippen LogP contribution < -0.4 is 5.32 Å². The minimum absolute atomic E-state index is 0.139. The molecule has 0 bridgehead atoms.